The second-order valence-corrected chi connectivity index (χ2v) is 4.76. The van der Waals surface area contributed by atoms with E-state index in [2.05, 4.69) is 32.1 Å². The van der Waals surface area contributed by atoms with Crippen LogP contribution in [-0.4, -0.2) is 28.5 Å². The van der Waals surface area contributed by atoms with Crippen molar-refractivity contribution in [2.45, 2.75) is 26.4 Å². The molecule has 0 aliphatic heterocycles. The van der Waals surface area contributed by atoms with Crippen LogP contribution in [0.25, 0.3) is 0 Å². The Bertz CT molecular complexity index is 515. The summed E-state index contributed by atoms with van der Waals surface area (Å²) in [5.41, 5.74) is 2.18. The molecule has 106 valence electrons. The lowest BCUT2D eigenvalue weighted by atomic mass is 10.2. The van der Waals surface area contributed by atoms with E-state index in [-0.39, 0.29) is 0 Å². The molecule has 0 radical (unpaired) electrons. The smallest absolute Gasteiger partial charge is 0.147 e. The van der Waals surface area contributed by atoms with Crippen molar-refractivity contribution in [3.8, 4) is 0 Å². The van der Waals surface area contributed by atoms with Crippen molar-refractivity contribution in [1.29, 1.82) is 0 Å². The summed E-state index contributed by atoms with van der Waals surface area (Å²) >= 11 is 0. The van der Waals surface area contributed by atoms with Gasteiger partial charge in [-0.05, 0) is 30.7 Å². The third kappa shape index (κ3) is 4.28. The highest BCUT2D eigenvalue weighted by Crippen LogP contribution is 2.11. The molecule has 5 heteroatoms. The zero-order valence-electron chi connectivity index (χ0n) is 12.1. The standard InChI is InChI=1S/C15H21N5/c1-3-6-17-9-14-10-18-11-15(19-14)20(2)12-13-4-7-16-8-5-13/h4-5,7-8,10-11,17H,3,6,9,12H2,1-2H3. The molecule has 0 aromatic carbocycles. The summed E-state index contributed by atoms with van der Waals surface area (Å²) in [7, 11) is 2.02. The molecule has 0 saturated heterocycles. The molecule has 0 aliphatic carbocycles. The van der Waals surface area contributed by atoms with E-state index in [4.69, 9.17) is 0 Å². The molecule has 1 N–H and O–H groups in total. The predicted molar refractivity (Wildman–Crippen MR) is 80.4 cm³/mol. The fraction of sp³-hybridized carbons (Fsp3) is 0.400. The molecule has 0 aliphatic rings. The lowest BCUT2D eigenvalue weighted by Crippen LogP contribution is -2.20. The maximum Gasteiger partial charge on any atom is 0.147 e. The van der Waals surface area contributed by atoms with Crippen LogP contribution in [-0.2, 0) is 13.1 Å². The lowest BCUT2D eigenvalue weighted by molar-refractivity contribution is 0.661. The SMILES string of the molecule is CCCNCc1cncc(N(C)Cc2ccncc2)n1. The molecular weight excluding hydrogens is 250 g/mol. The van der Waals surface area contributed by atoms with Gasteiger partial charge in [-0.15, -0.1) is 0 Å². The van der Waals surface area contributed by atoms with E-state index in [1.54, 1.807) is 18.6 Å². The van der Waals surface area contributed by atoms with Crippen molar-refractivity contribution >= 4 is 5.82 Å². The van der Waals surface area contributed by atoms with Crippen LogP contribution in [0, 0.1) is 0 Å². The van der Waals surface area contributed by atoms with Gasteiger partial charge in [0.05, 0.1) is 11.9 Å². The Morgan fingerprint density at radius 3 is 2.70 bits per heavy atom. The molecular formula is C15H21N5. The van der Waals surface area contributed by atoms with Crippen molar-refractivity contribution in [3.05, 3.63) is 48.2 Å². The Labute approximate surface area is 120 Å². The van der Waals surface area contributed by atoms with E-state index in [0.717, 1.165) is 37.6 Å². The average Bonchev–Trinajstić information content (AvgIpc) is 2.49. The van der Waals surface area contributed by atoms with Gasteiger partial charge < -0.3 is 10.2 Å². The van der Waals surface area contributed by atoms with Crippen molar-refractivity contribution < 1.29 is 0 Å². The van der Waals surface area contributed by atoms with Gasteiger partial charge in [0.2, 0.25) is 0 Å². The third-order valence-electron chi connectivity index (χ3n) is 2.96. The van der Waals surface area contributed by atoms with E-state index in [1.807, 2.05) is 25.4 Å². The highest BCUT2D eigenvalue weighted by atomic mass is 15.2. The molecule has 2 aromatic rings. The van der Waals surface area contributed by atoms with Gasteiger partial charge in [-0.25, -0.2) is 4.98 Å². The van der Waals surface area contributed by atoms with E-state index in [0.29, 0.717) is 0 Å². The van der Waals surface area contributed by atoms with E-state index in [1.165, 1.54) is 5.56 Å². The Morgan fingerprint density at radius 2 is 1.95 bits per heavy atom. The van der Waals surface area contributed by atoms with Crippen molar-refractivity contribution in [2.75, 3.05) is 18.5 Å². The highest BCUT2D eigenvalue weighted by Gasteiger charge is 2.05. The summed E-state index contributed by atoms with van der Waals surface area (Å²) < 4.78 is 0. The quantitative estimate of drug-likeness (QED) is 0.781. The van der Waals surface area contributed by atoms with Crippen molar-refractivity contribution in [1.82, 2.24) is 20.3 Å². The lowest BCUT2D eigenvalue weighted by Gasteiger charge is -2.18. The van der Waals surface area contributed by atoms with E-state index >= 15 is 0 Å². The molecule has 20 heavy (non-hydrogen) atoms. The summed E-state index contributed by atoms with van der Waals surface area (Å²) in [5.74, 6) is 0.887. The molecule has 2 rings (SSSR count). The summed E-state index contributed by atoms with van der Waals surface area (Å²) in [4.78, 5) is 15.0. The van der Waals surface area contributed by atoms with Crippen LogP contribution in [0.2, 0.25) is 0 Å². The first kappa shape index (κ1) is 14.4. The van der Waals surface area contributed by atoms with Crippen LogP contribution >= 0.6 is 0 Å². The number of aromatic nitrogens is 3. The molecule has 0 spiro atoms. The molecule has 0 amide bonds. The fourth-order valence-corrected chi connectivity index (χ4v) is 1.90. The van der Waals surface area contributed by atoms with Crippen molar-refractivity contribution in [3.63, 3.8) is 0 Å². The van der Waals surface area contributed by atoms with Gasteiger partial charge in [0.1, 0.15) is 5.82 Å². The topological polar surface area (TPSA) is 53.9 Å². The van der Waals surface area contributed by atoms with Crippen LogP contribution in [0.3, 0.4) is 0 Å². The van der Waals surface area contributed by atoms with Crippen LogP contribution in [0.1, 0.15) is 24.6 Å². The van der Waals surface area contributed by atoms with Gasteiger partial charge in [0.15, 0.2) is 0 Å². The van der Waals surface area contributed by atoms with Gasteiger partial charge in [-0.1, -0.05) is 6.92 Å². The first-order valence-electron chi connectivity index (χ1n) is 6.91. The number of hydrogen-bond acceptors (Lipinski definition) is 5. The monoisotopic (exact) mass is 271 g/mol. The Kier molecular flexibility index (Phi) is 5.43. The summed E-state index contributed by atoms with van der Waals surface area (Å²) in [6.07, 6.45) is 8.34. The van der Waals surface area contributed by atoms with Gasteiger partial charge in [-0.2, -0.15) is 0 Å². The average molecular weight is 271 g/mol. The molecule has 2 heterocycles. The summed E-state index contributed by atoms with van der Waals surface area (Å²) in [6.45, 7) is 4.71. The molecule has 0 fully saturated rings. The maximum atomic E-state index is 4.63. The van der Waals surface area contributed by atoms with E-state index in [9.17, 15) is 0 Å². The number of nitrogens with one attached hydrogen (secondary N) is 1. The molecule has 5 nitrogen and oxygen atoms in total. The van der Waals surface area contributed by atoms with Gasteiger partial charge in [0.25, 0.3) is 0 Å². The summed E-state index contributed by atoms with van der Waals surface area (Å²) in [6, 6.07) is 4.02. The second kappa shape index (κ2) is 7.55. The minimum absolute atomic E-state index is 0.762. The maximum absolute atomic E-state index is 4.63. The van der Waals surface area contributed by atoms with Crippen LogP contribution in [0.15, 0.2) is 36.9 Å². The normalized spacial score (nSPS) is 10.5. The number of hydrogen-bond donors (Lipinski definition) is 1. The number of anilines is 1. The number of rotatable bonds is 7. The second-order valence-electron chi connectivity index (χ2n) is 4.76. The zero-order chi connectivity index (χ0) is 14.2. The third-order valence-corrected chi connectivity index (χ3v) is 2.96. The molecule has 0 bridgehead atoms. The van der Waals surface area contributed by atoms with Gasteiger partial charge in [0, 0.05) is 38.7 Å². The van der Waals surface area contributed by atoms with Crippen LogP contribution < -0.4 is 10.2 Å². The van der Waals surface area contributed by atoms with Crippen LogP contribution in [0.4, 0.5) is 5.82 Å². The first-order chi connectivity index (χ1) is 9.79. The number of pyridine rings is 1. The Hall–Kier alpha value is -2.01. The van der Waals surface area contributed by atoms with Crippen LogP contribution in [0.5, 0.6) is 0 Å². The zero-order valence-corrected chi connectivity index (χ0v) is 12.1. The Morgan fingerprint density at radius 1 is 1.15 bits per heavy atom. The summed E-state index contributed by atoms with van der Waals surface area (Å²) in [5, 5.41) is 3.34. The first-order valence-corrected chi connectivity index (χ1v) is 6.91. The largest absolute Gasteiger partial charge is 0.354 e. The molecule has 0 unspecified atom stereocenters. The van der Waals surface area contributed by atoms with Gasteiger partial charge >= 0.3 is 0 Å². The minimum Gasteiger partial charge on any atom is -0.354 e. The molecule has 0 saturated carbocycles. The Balaban J connectivity index is 1.99. The minimum atomic E-state index is 0.762. The van der Waals surface area contributed by atoms with Crippen molar-refractivity contribution in [2.24, 2.45) is 0 Å². The van der Waals surface area contributed by atoms with E-state index < -0.39 is 0 Å². The fourth-order valence-electron chi connectivity index (χ4n) is 1.90. The van der Waals surface area contributed by atoms with Gasteiger partial charge in [-0.3, -0.25) is 9.97 Å². The molecule has 2 aromatic heterocycles. The number of nitrogens with zero attached hydrogens (tertiary/aromatic N) is 4. The predicted octanol–water partition coefficient (Wildman–Crippen LogP) is 2.01. The molecule has 0 atom stereocenters. The highest BCUT2D eigenvalue weighted by molar-refractivity contribution is 5.36.